The van der Waals surface area contributed by atoms with E-state index < -0.39 is 0 Å². The smallest absolute Gasteiger partial charge is 0.191 e. The van der Waals surface area contributed by atoms with Crippen LogP contribution in [0.5, 0.6) is 0 Å². The minimum atomic E-state index is 0.394. The summed E-state index contributed by atoms with van der Waals surface area (Å²) in [6.07, 6.45) is 1.07. The predicted octanol–water partition coefficient (Wildman–Crippen LogP) is 1.87. The first-order chi connectivity index (χ1) is 8.17. The Morgan fingerprint density at radius 2 is 2.24 bits per heavy atom. The van der Waals surface area contributed by atoms with Gasteiger partial charge in [0.1, 0.15) is 0 Å². The lowest BCUT2D eigenvalue weighted by Crippen LogP contribution is -2.37. The van der Waals surface area contributed by atoms with Gasteiger partial charge in [-0.3, -0.25) is 4.99 Å². The lowest BCUT2D eigenvalue weighted by atomic mass is 10.1. The maximum Gasteiger partial charge on any atom is 0.191 e. The molecule has 0 aliphatic heterocycles. The molecule has 0 bridgehead atoms. The maximum atomic E-state index is 5.23. The van der Waals surface area contributed by atoms with Gasteiger partial charge in [-0.05, 0) is 12.3 Å². The van der Waals surface area contributed by atoms with Crippen molar-refractivity contribution in [1.29, 1.82) is 0 Å². The molecule has 96 valence electrons. The van der Waals surface area contributed by atoms with Crippen LogP contribution in [-0.2, 0) is 6.54 Å². The fourth-order valence-electron chi connectivity index (χ4n) is 1.32. The number of aromatic nitrogens is 1. The topological polar surface area (TPSA) is 62.5 Å². The van der Waals surface area contributed by atoms with Gasteiger partial charge in [-0.25, -0.2) is 0 Å². The molecule has 2 N–H and O–H groups in total. The summed E-state index contributed by atoms with van der Waals surface area (Å²) in [6, 6.07) is 1.98. The van der Waals surface area contributed by atoms with Crippen molar-refractivity contribution in [3.05, 3.63) is 17.5 Å². The highest BCUT2D eigenvalue weighted by atomic mass is 16.5. The third kappa shape index (κ3) is 4.46. The second-order valence-electron chi connectivity index (χ2n) is 4.23. The minimum absolute atomic E-state index is 0.394. The highest BCUT2D eigenvalue weighted by molar-refractivity contribution is 5.79. The number of aliphatic imine (C=N–C) groups is 1. The first-order valence-corrected chi connectivity index (χ1v) is 6.07. The number of nitrogens with one attached hydrogen (secondary N) is 2. The third-order valence-corrected chi connectivity index (χ3v) is 2.36. The molecule has 0 saturated heterocycles. The van der Waals surface area contributed by atoms with Gasteiger partial charge in [0.05, 0.1) is 12.2 Å². The van der Waals surface area contributed by atoms with Gasteiger partial charge in [0, 0.05) is 19.7 Å². The van der Waals surface area contributed by atoms with Crippen LogP contribution in [0.2, 0.25) is 0 Å². The standard InChI is InChI=1S/C12H22N4O/c1-5-6-14-12(13-4)15-8-10-7-11(9(2)3)16-17-10/h7,9H,5-6,8H2,1-4H3,(H2,13,14,15). The summed E-state index contributed by atoms with van der Waals surface area (Å²) in [5.74, 6) is 2.01. The zero-order valence-corrected chi connectivity index (χ0v) is 11.1. The van der Waals surface area contributed by atoms with Gasteiger partial charge < -0.3 is 15.2 Å². The zero-order chi connectivity index (χ0) is 12.7. The molecule has 0 radical (unpaired) electrons. The highest BCUT2D eigenvalue weighted by Gasteiger charge is 2.07. The molecule has 1 heterocycles. The summed E-state index contributed by atoms with van der Waals surface area (Å²) in [6.45, 7) is 7.82. The van der Waals surface area contributed by atoms with Crippen molar-refractivity contribution in [3.8, 4) is 0 Å². The predicted molar refractivity (Wildman–Crippen MR) is 69.1 cm³/mol. The van der Waals surface area contributed by atoms with Crippen LogP contribution in [-0.4, -0.2) is 24.7 Å². The Morgan fingerprint density at radius 1 is 1.47 bits per heavy atom. The lowest BCUT2D eigenvalue weighted by molar-refractivity contribution is 0.372. The van der Waals surface area contributed by atoms with E-state index in [1.807, 2.05) is 6.07 Å². The number of hydrogen-bond acceptors (Lipinski definition) is 3. The van der Waals surface area contributed by atoms with Gasteiger partial charge in [0.15, 0.2) is 11.7 Å². The molecule has 0 aliphatic carbocycles. The lowest BCUT2D eigenvalue weighted by Gasteiger charge is -2.08. The molecule has 5 heteroatoms. The fraction of sp³-hybridized carbons (Fsp3) is 0.667. The van der Waals surface area contributed by atoms with Gasteiger partial charge in [-0.1, -0.05) is 25.9 Å². The van der Waals surface area contributed by atoms with E-state index in [2.05, 4.69) is 41.6 Å². The summed E-state index contributed by atoms with van der Waals surface area (Å²) >= 11 is 0. The van der Waals surface area contributed by atoms with Crippen LogP contribution in [0.1, 0.15) is 44.6 Å². The summed E-state index contributed by atoms with van der Waals surface area (Å²) in [4.78, 5) is 4.11. The van der Waals surface area contributed by atoms with Gasteiger partial charge in [-0.2, -0.15) is 0 Å². The normalized spacial score (nSPS) is 11.9. The van der Waals surface area contributed by atoms with E-state index in [1.165, 1.54) is 0 Å². The molecule has 1 aromatic heterocycles. The Bertz CT molecular complexity index is 357. The summed E-state index contributed by atoms with van der Waals surface area (Å²) < 4.78 is 5.23. The van der Waals surface area contributed by atoms with Crippen molar-refractivity contribution in [1.82, 2.24) is 15.8 Å². The Hall–Kier alpha value is -1.52. The number of guanidine groups is 1. The van der Waals surface area contributed by atoms with E-state index in [0.29, 0.717) is 12.5 Å². The van der Waals surface area contributed by atoms with E-state index in [9.17, 15) is 0 Å². The molecule has 5 nitrogen and oxygen atoms in total. The monoisotopic (exact) mass is 238 g/mol. The maximum absolute atomic E-state index is 5.23. The second kappa shape index (κ2) is 6.93. The molecule has 17 heavy (non-hydrogen) atoms. The van der Waals surface area contributed by atoms with Crippen molar-refractivity contribution < 1.29 is 4.52 Å². The summed E-state index contributed by atoms with van der Waals surface area (Å²) in [7, 11) is 1.75. The second-order valence-corrected chi connectivity index (χ2v) is 4.23. The Labute approximate surface area is 103 Å². The molecule has 0 atom stereocenters. The van der Waals surface area contributed by atoms with Crippen LogP contribution in [0.3, 0.4) is 0 Å². The van der Waals surface area contributed by atoms with E-state index in [1.54, 1.807) is 7.05 Å². The SMILES string of the molecule is CCCNC(=NC)NCc1cc(C(C)C)no1. The molecule has 1 aromatic rings. The molecule has 0 spiro atoms. The average Bonchev–Trinajstić information content (AvgIpc) is 2.78. The van der Waals surface area contributed by atoms with Crippen molar-refractivity contribution in [2.45, 2.75) is 39.7 Å². The molecular formula is C12H22N4O. The van der Waals surface area contributed by atoms with Crippen molar-refractivity contribution >= 4 is 5.96 Å². The van der Waals surface area contributed by atoms with Gasteiger partial charge in [0.2, 0.25) is 0 Å². The van der Waals surface area contributed by atoms with Crippen LogP contribution in [0, 0.1) is 0 Å². The van der Waals surface area contributed by atoms with Crippen molar-refractivity contribution in [3.63, 3.8) is 0 Å². The van der Waals surface area contributed by atoms with E-state index in [-0.39, 0.29) is 0 Å². The van der Waals surface area contributed by atoms with Crippen LogP contribution in [0.4, 0.5) is 0 Å². The largest absolute Gasteiger partial charge is 0.359 e. The summed E-state index contributed by atoms with van der Waals surface area (Å²) in [5.41, 5.74) is 0.985. The molecule has 0 aliphatic rings. The Balaban J connectivity index is 2.43. The molecule has 0 aromatic carbocycles. The van der Waals surface area contributed by atoms with Gasteiger partial charge >= 0.3 is 0 Å². The molecule has 0 fully saturated rings. The fourth-order valence-corrected chi connectivity index (χ4v) is 1.32. The third-order valence-electron chi connectivity index (χ3n) is 2.36. The molecule has 0 unspecified atom stereocenters. The number of rotatable bonds is 5. The minimum Gasteiger partial charge on any atom is -0.359 e. The van der Waals surface area contributed by atoms with E-state index in [0.717, 1.165) is 30.4 Å². The average molecular weight is 238 g/mol. The zero-order valence-electron chi connectivity index (χ0n) is 11.1. The Kier molecular flexibility index (Phi) is 5.52. The number of nitrogens with zero attached hydrogens (tertiary/aromatic N) is 2. The van der Waals surface area contributed by atoms with Crippen molar-refractivity contribution in [2.75, 3.05) is 13.6 Å². The van der Waals surface area contributed by atoms with E-state index >= 15 is 0 Å². The first-order valence-electron chi connectivity index (χ1n) is 6.07. The van der Waals surface area contributed by atoms with Gasteiger partial charge in [0.25, 0.3) is 0 Å². The Morgan fingerprint density at radius 3 is 2.76 bits per heavy atom. The molecule has 0 saturated carbocycles. The molecule has 1 rings (SSSR count). The molecular weight excluding hydrogens is 216 g/mol. The highest BCUT2D eigenvalue weighted by Crippen LogP contribution is 2.13. The van der Waals surface area contributed by atoms with Crippen LogP contribution in [0.25, 0.3) is 0 Å². The van der Waals surface area contributed by atoms with E-state index in [4.69, 9.17) is 4.52 Å². The van der Waals surface area contributed by atoms with Gasteiger partial charge in [-0.15, -0.1) is 0 Å². The van der Waals surface area contributed by atoms with Crippen LogP contribution in [0.15, 0.2) is 15.6 Å². The van der Waals surface area contributed by atoms with Crippen molar-refractivity contribution in [2.24, 2.45) is 4.99 Å². The number of hydrogen-bond donors (Lipinski definition) is 2. The quantitative estimate of drug-likeness (QED) is 0.607. The van der Waals surface area contributed by atoms with Crippen LogP contribution < -0.4 is 10.6 Å². The summed E-state index contributed by atoms with van der Waals surface area (Å²) in [5, 5.41) is 10.4. The molecule has 0 amide bonds. The van der Waals surface area contributed by atoms with Crippen LogP contribution >= 0.6 is 0 Å². The first kappa shape index (κ1) is 13.5.